The number of phenols is 1. The number of aromatic hydroxyl groups is 1. The minimum Gasteiger partial charge on any atom is -0.508 e. The number of benzene rings is 1. The maximum Gasteiger partial charge on any atom is 0.501 e. The van der Waals surface area contributed by atoms with Crippen molar-refractivity contribution in [2.45, 2.75) is 54.5 Å². The van der Waals surface area contributed by atoms with Gasteiger partial charge in [-0.25, -0.2) is 30.8 Å². The topological polar surface area (TPSA) is 135 Å². The van der Waals surface area contributed by atoms with E-state index < -0.39 is 65.6 Å². The number of sulfone groups is 1. The molecule has 14 heteroatoms. The minimum atomic E-state index is -5.91. The summed E-state index contributed by atoms with van der Waals surface area (Å²) in [7, 11) is -9.07. The third-order valence-corrected chi connectivity index (χ3v) is 5.52. The highest BCUT2D eigenvalue weighted by Gasteiger charge is 2.54. The van der Waals surface area contributed by atoms with Crippen molar-refractivity contribution < 1.29 is 49.0 Å². The number of alkyl halides is 5. The van der Waals surface area contributed by atoms with Crippen LogP contribution < -0.4 is 5.14 Å². The average Bonchev–Trinajstić information content (AvgIpc) is 2.66. The van der Waals surface area contributed by atoms with E-state index in [-0.39, 0.29) is 0 Å². The number of nitrogens with two attached hydrogens (primary N) is 1. The molecule has 0 unspecified atom stereocenters. The van der Waals surface area contributed by atoms with Gasteiger partial charge >= 0.3 is 5.51 Å². The highest BCUT2D eigenvalue weighted by atomic mass is 32.2. The molecule has 2 aliphatic rings. The molecular formula is C15H20F5NO6S2. The minimum absolute atomic E-state index is 0.349. The van der Waals surface area contributed by atoms with Crippen molar-refractivity contribution in [3.8, 4) is 5.75 Å². The Balaban J connectivity index is 0.000000386. The van der Waals surface area contributed by atoms with Crippen LogP contribution in [0.15, 0.2) is 17.0 Å². The molecule has 0 radical (unpaired) electrons. The zero-order chi connectivity index (χ0) is 22.8. The van der Waals surface area contributed by atoms with E-state index in [1.807, 2.05) is 0 Å². The quantitative estimate of drug-likeness (QED) is 0.541. The molecule has 0 aliphatic heterocycles. The van der Waals surface area contributed by atoms with E-state index in [2.05, 4.69) is 5.14 Å². The molecule has 0 aromatic heterocycles. The number of rotatable bonds is 1. The van der Waals surface area contributed by atoms with Crippen LogP contribution >= 0.6 is 0 Å². The standard InChI is InChI=1S/C10H7F5O4S.C4H8.CH5NO2S/c11-9(12)3-4-5(16)1-2-6(7(4)8(9)17)20(18,19)10(13,14)15;1-2-4-3-1;1-5(2,3)4/h1-2,8,16-17H,3H2;1-4H2;1H3,(H2,2,3,4)/t8-;;/m0../s1. The maximum absolute atomic E-state index is 13.3. The van der Waals surface area contributed by atoms with Crippen LogP contribution in [-0.4, -0.2) is 44.7 Å². The molecule has 1 aromatic carbocycles. The van der Waals surface area contributed by atoms with E-state index in [1.54, 1.807) is 0 Å². The first-order valence-electron chi connectivity index (χ1n) is 8.09. The second kappa shape index (κ2) is 8.70. The molecule has 1 saturated carbocycles. The molecule has 0 amide bonds. The van der Waals surface area contributed by atoms with Crippen molar-refractivity contribution >= 4 is 19.9 Å². The highest BCUT2D eigenvalue weighted by Crippen LogP contribution is 2.50. The van der Waals surface area contributed by atoms with E-state index in [9.17, 15) is 49.0 Å². The Morgan fingerprint density at radius 1 is 1.07 bits per heavy atom. The number of aliphatic hydroxyl groups is 1. The average molecular weight is 469 g/mol. The van der Waals surface area contributed by atoms with Crippen molar-refractivity contribution in [1.29, 1.82) is 0 Å². The lowest BCUT2D eigenvalue weighted by molar-refractivity contribution is -0.0978. The number of sulfonamides is 1. The molecule has 3 rings (SSSR count). The van der Waals surface area contributed by atoms with E-state index in [0.29, 0.717) is 12.1 Å². The van der Waals surface area contributed by atoms with Gasteiger partial charge in [0.05, 0.1) is 11.2 Å². The smallest absolute Gasteiger partial charge is 0.501 e. The number of hydrogen-bond acceptors (Lipinski definition) is 6. The molecule has 1 atom stereocenters. The van der Waals surface area contributed by atoms with Crippen LogP contribution in [0.2, 0.25) is 0 Å². The fourth-order valence-corrected chi connectivity index (χ4v) is 3.29. The first-order valence-corrected chi connectivity index (χ1v) is 11.5. The van der Waals surface area contributed by atoms with Gasteiger partial charge < -0.3 is 10.2 Å². The number of hydrogen-bond donors (Lipinski definition) is 3. The third kappa shape index (κ3) is 6.49. The number of phenolic OH excluding ortho intramolecular Hbond substituents is 1. The Hall–Kier alpha value is -1.51. The molecule has 168 valence electrons. The summed E-state index contributed by atoms with van der Waals surface area (Å²) in [5.74, 6) is -4.64. The maximum atomic E-state index is 13.3. The number of aliphatic hydroxyl groups excluding tert-OH is 1. The summed E-state index contributed by atoms with van der Waals surface area (Å²) in [5, 5.41) is 23.0. The lowest BCUT2D eigenvalue weighted by Gasteiger charge is -2.16. The molecule has 29 heavy (non-hydrogen) atoms. The van der Waals surface area contributed by atoms with Gasteiger partial charge in [-0.05, 0) is 12.1 Å². The summed E-state index contributed by atoms with van der Waals surface area (Å²) in [6.45, 7) is 0. The van der Waals surface area contributed by atoms with Gasteiger partial charge in [-0.15, -0.1) is 0 Å². The first kappa shape index (κ1) is 25.5. The molecule has 2 aliphatic carbocycles. The number of primary sulfonamides is 1. The molecule has 0 spiro atoms. The Labute approximate surface area is 164 Å². The highest BCUT2D eigenvalue weighted by molar-refractivity contribution is 7.92. The molecule has 0 heterocycles. The Bertz CT molecular complexity index is 929. The SMILES string of the molecule is C1CCC1.CS(N)(=O)=O.O=S(=O)(c1ccc(O)c2c1[C@H](O)C(F)(F)C2)C(F)(F)F. The van der Waals surface area contributed by atoms with Crippen LogP contribution in [-0.2, 0) is 26.3 Å². The number of fused-ring (bicyclic) bond motifs is 1. The molecular weight excluding hydrogens is 449 g/mol. The summed E-state index contributed by atoms with van der Waals surface area (Å²) >= 11 is 0. The Kier molecular flexibility index (Phi) is 7.65. The van der Waals surface area contributed by atoms with Crippen LogP contribution in [0.4, 0.5) is 22.0 Å². The van der Waals surface area contributed by atoms with Crippen molar-refractivity contribution in [3.05, 3.63) is 23.3 Å². The summed E-state index contributed by atoms with van der Waals surface area (Å²) in [6, 6.07) is 0.924. The zero-order valence-electron chi connectivity index (χ0n) is 15.1. The van der Waals surface area contributed by atoms with Gasteiger partial charge in [0.1, 0.15) is 11.9 Å². The largest absolute Gasteiger partial charge is 0.508 e. The van der Waals surface area contributed by atoms with Gasteiger partial charge in [-0.1, -0.05) is 25.7 Å². The van der Waals surface area contributed by atoms with E-state index >= 15 is 0 Å². The van der Waals surface area contributed by atoms with E-state index in [1.165, 1.54) is 25.7 Å². The van der Waals surface area contributed by atoms with Gasteiger partial charge in [0.25, 0.3) is 15.8 Å². The summed E-state index contributed by atoms with van der Waals surface area (Å²) in [6.07, 6.45) is 2.97. The van der Waals surface area contributed by atoms with Gasteiger partial charge in [0, 0.05) is 17.5 Å². The van der Waals surface area contributed by atoms with Crippen LogP contribution in [0.5, 0.6) is 5.75 Å². The Morgan fingerprint density at radius 3 is 1.83 bits per heavy atom. The van der Waals surface area contributed by atoms with Gasteiger partial charge in [-0.2, -0.15) is 13.2 Å². The molecule has 7 nitrogen and oxygen atoms in total. The molecule has 4 N–H and O–H groups in total. The monoisotopic (exact) mass is 469 g/mol. The van der Waals surface area contributed by atoms with Crippen LogP contribution in [0.25, 0.3) is 0 Å². The summed E-state index contributed by atoms with van der Waals surface area (Å²) in [5.41, 5.74) is -7.50. The van der Waals surface area contributed by atoms with E-state index in [0.717, 1.165) is 6.26 Å². The summed E-state index contributed by atoms with van der Waals surface area (Å²) < 4.78 is 106. The lowest BCUT2D eigenvalue weighted by Crippen LogP contribution is -2.26. The number of halogens is 5. The molecule has 1 fully saturated rings. The van der Waals surface area contributed by atoms with Crippen LogP contribution in [0.3, 0.4) is 0 Å². The summed E-state index contributed by atoms with van der Waals surface area (Å²) in [4.78, 5) is -1.47. The molecule has 0 bridgehead atoms. The first-order chi connectivity index (χ1) is 12.9. The van der Waals surface area contributed by atoms with Gasteiger partial charge in [0.15, 0.2) is 0 Å². The normalized spacial score (nSPS) is 20.3. The van der Waals surface area contributed by atoms with Crippen molar-refractivity contribution in [3.63, 3.8) is 0 Å². The second-order valence-corrected chi connectivity index (χ2v) is 10.1. The lowest BCUT2D eigenvalue weighted by atomic mass is 10.0. The van der Waals surface area contributed by atoms with Crippen LogP contribution in [0, 0.1) is 0 Å². The fourth-order valence-electron chi connectivity index (χ4n) is 2.27. The van der Waals surface area contributed by atoms with Crippen molar-refractivity contribution in [1.82, 2.24) is 0 Å². The van der Waals surface area contributed by atoms with Crippen molar-refractivity contribution in [2.24, 2.45) is 5.14 Å². The predicted octanol–water partition coefficient (Wildman–Crippen LogP) is 2.38. The van der Waals surface area contributed by atoms with Gasteiger partial charge in [-0.3, -0.25) is 0 Å². The second-order valence-electron chi connectivity index (χ2n) is 6.51. The molecule has 0 saturated heterocycles. The zero-order valence-corrected chi connectivity index (χ0v) is 16.7. The Morgan fingerprint density at radius 2 is 1.48 bits per heavy atom. The van der Waals surface area contributed by atoms with Crippen LogP contribution in [0.1, 0.15) is 42.9 Å². The van der Waals surface area contributed by atoms with E-state index in [4.69, 9.17) is 0 Å². The van der Waals surface area contributed by atoms with Gasteiger partial charge in [0.2, 0.25) is 10.0 Å². The molecule has 1 aromatic rings. The third-order valence-electron chi connectivity index (χ3n) is 3.97. The van der Waals surface area contributed by atoms with Crippen molar-refractivity contribution in [2.75, 3.05) is 6.26 Å². The predicted molar refractivity (Wildman–Crippen MR) is 92.5 cm³/mol. The fraction of sp³-hybridized carbons (Fsp3) is 0.600.